The number of rotatable bonds is 3. The highest BCUT2D eigenvalue weighted by Crippen LogP contribution is 2.17. The molecule has 1 aliphatic heterocycles. The maximum atomic E-state index is 12.1. The summed E-state index contributed by atoms with van der Waals surface area (Å²) in [5.74, 6) is -0.0819. The lowest BCUT2D eigenvalue weighted by Gasteiger charge is -2.21. The van der Waals surface area contributed by atoms with E-state index in [1.54, 1.807) is 17.2 Å². The number of benzene rings is 1. The van der Waals surface area contributed by atoms with Gasteiger partial charge in [-0.15, -0.1) is 0 Å². The Kier molecular flexibility index (Phi) is 3.92. The van der Waals surface area contributed by atoms with Crippen LogP contribution in [0.4, 0.5) is 0 Å². The second-order valence-electron chi connectivity index (χ2n) is 5.13. The van der Waals surface area contributed by atoms with Crippen molar-refractivity contribution in [3.05, 3.63) is 42.2 Å². The highest BCUT2D eigenvalue weighted by atomic mass is 16.3. The molecule has 1 fully saturated rings. The lowest BCUT2D eigenvalue weighted by molar-refractivity contribution is -0.127. The van der Waals surface area contributed by atoms with Crippen molar-refractivity contribution in [3.8, 4) is 0 Å². The molecule has 2 aromatic rings. The fraction of sp³-hybridized carbons (Fsp3) is 0.312. The topological polar surface area (TPSA) is 66.3 Å². The van der Waals surface area contributed by atoms with Crippen molar-refractivity contribution >= 4 is 23.0 Å². The summed E-state index contributed by atoms with van der Waals surface area (Å²) in [6.07, 6.45) is 6.65. The molecule has 3 rings (SSSR count). The molecule has 0 unspecified atom stereocenters. The third-order valence-electron chi connectivity index (χ3n) is 3.73. The van der Waals surface area contributed by atoms with E-state index in [4.69, 9.17) is 0 Å². The van der Waals surface area contributed by atoms with Crippen molar-refractivity contribution in [2.75, 3.05) is 13.2 Å². The summed E-state index contributed by atoms with van der Waals surface area (Å²) in [4.78, 5) is 22.6. The van der Waals surface area contributed by atoms with Gasteiger partial charge < -0.3 is 10.0 Å². The fourth-order valence-corrected chi connectivity index (χ4v) is 2.62. The Morgan fingerprint density at radius 1 is 1.38 bits per heavy atom. The van der Waals surface area contributed by atoms with Gasteiger partial charge in [-0.1, -0.05) is 12.1 Å². The summed E-state index contributed by atoms with van der Waals surface area (Å²) < 4.78 is 0. The van der Waals surface area contributed by atoms with E-state index < -0.39 is 0 Å². The second kappa shape index (κ2) is 6.01. The molecule has 1 aromatic heterocycles. The van der Waals surface area contributed by atoms with Gasteiger partial charge in [0.25, 0.3) is 0 Å². The fourth-order valence-electron chi connectivity index (χ4n) is 2.62. The number of aliphatic hydroxyl groups excluding tert-OH is 1. The predicted octanol–water partition coefficient (Wildman–Crippen LogP) is 1.63. The summed E-state index contributed by atoms with van der Waals surface area (Å²) >= 11 is 0. The first kappa shape index (κ1) is 13.7. The van der Waals surface area contributed by atoms with E-state index in [1.807, 2.05) is 24.3 Å². The molecule has 0 saturated carbocycles. The van der Waals surface area contributed by atoms with Crippen molar-refractivity contribution in [3.63, 3.8) is 0 Å². The number of hydrogen-bond acceptors (Lipinski definition) is 4. The molecule has 0 spiro atoms. The van der Waals surface area contributed by atoms with Gasteiger partial charge in [0.1, 0.15) is 0 Å². The van der Waals surface area contributed by atoms with Gasteiger partial charge >= 0.3 is 0 Å². The first-order valence-corrected chi connectivity index (χ1v) is 7.09. The maximum absolute atomic E-state index is 12.1. The van der Waals surface area contributed by atoms with Gasteiger partial charge in [-0.2, -0.15) is 0 Å². The number of aliphatic hydroxyl groups is 1. The number of carbonyl (C=O) groups is 1. The monoisotopic (exact) mass is 283 g/mol. The first-order valence-electron chi connectivity index (χ1n) is 7.09. The number of likely N-dealkylation sites (tertiary alicyclic amines) is 1. The molecule has 0 bridgehead atoms. The maximum Gasteiger partial charge on any atom is 0.246 e. The number of amides is 1. The van der Waals surface area contributed by atoms with E-state index >= 15 is 0 Å². The van der Waals surface area contributed by atoms with E-state index in [2.05, 4.69) is 9.97 Å². The van der Waals surface area contributed by atoms with Crippen LogP contribution in [0.25, 0.3) is 17.1 Å². The normalized spacial score (nSPS) is 18.7. The Hall–Kier alpha value is -2.27. The number of hydrogen-bond donors (Lipinski definition) is 1. The van der Waals surface area contributed by atoms with Crippen LogP contribution in [0.1, 0.15) is 18.5 Å². The van der Waals surface area contributed by atoms with Gasteiger partial charge in [0.05, 0.1) is 35.6 Å². The van der Waals surface area contributed by atoms with Gasteiger partial charge in [-0.25, -0.2) is 4.98 Å². The standard InChI is InChI=1S/C16H17N3O2/c20-11-13-4-3-9-19(13)16(21)8-7-12-10-17-14-5-1-2-6-15(14)18-12/h1-2,5-8,10,13,20H,3-4,9,11H2/b8-7+/t13-/m0/s1. The van der Waals surface area contributed by atoms with E-state index in [0.717, 1.165) is 23.9 Å². The van der Waals surface area contributed by atoms with Crippen LogP contribution >= 0.6 is 0 Å². The molecule has 21 heavy (non-hydrogen) atoms. The first-order chi connectivity index (χ1) is 10.3. The highest BCUT2D eigenvalue weighted by molar-refractivity contribution is 5.92. The van der Waals surface area contributed by atoms with Crippen LogP contribution in [0, 0.1) is 0 Å². The SMILES string of the molecule is O=C(/C=C/c1cnc2ccccc2n1)N1CCC[C@H]1CO. The average molecular weight is 283 g/mol. The van der Waals surface area contributed by atoms with Crippen molar-refractivity contribution in [2.24, 2.45) is 0 Å². The van der Waals surface area contributed by atoms with Gasteiger partial charge in [-0.3, -0.25) is 9.78 Å². The molecule has 5 heteroatoms. The van der Waals surface area contributed by atoms with Crippen molar-refractivity contribution in [2.45, 2.75) is 18.9 Å². The Morgan fingerprint density at radius 2 is 2.19 bits per heavy atom. The summed E-state index contributed by atoms with van der Waals surface area (Å²) in [7, 11) is 0. The Bertz CT molecular complexity index is 684. The van der Waals surface area contributed by atoms with Crippen LogP contribution in [-0.2, 0) is 4.79 Å². The highest BCUT2D eigenvalue weighted by Gasteiger charge is 2.26. The molecule has 2 heterocycles. The van der Waals surface area contributed by atoms with Crippen LogP contribution in [0.5, 0.6) is 0 Å². The van der Waals surface area contributed by atoms with E-state index in [-0.39, 0.29) is 18.6 Å². The van der Waals surface area contributed by atoms with Gasteiger partial charge in [0.2, 0.25) is 5.91 Å². The lowest BCUT2D eigenvalue weighted by atomic mass is 10.2. The molecular weight excluding hydrogens is 266 g/mol. The number of carbonyl (C=O) groups excluding carboxylic acids is 1. The molecule has 0 radical (unpaired) electrons. The minimum Gasteiger partial charge on any atom is -0.394 e. The van der Waals surface area contributed by atoms with Gasteiger partial charge in [0, 0.05) is 12.6 Å². The van der Waals surface area contributed by atoms with Crippen molar-refractivity contribution in [1.29, 1.82) is 0 Å². The van der Waals surface area contributed by atoms with Crippen LogP contribution in [0.15, 0.2) is 36.5 Å². The van der Waals surface area contributed by atoms with Crippen LogP contribution in [0.3, 0.4) is 0 Å². The van der Waals surface area contributed by atoms with Crippen LogP contribution in [-0.4, -0.2) is 45.1 Å². The zero-order valence-corrected chi connectivity index (χ0v) is 11.6. The number of fused-ring (bicyclic) bond motifs is 1. The van der Waals surface area contributed by atoms with Gasteiger partial charge in [-0.05, 0) is 31.1 Å². The third kappa shape index (κ3) is 2.92. The Labute approximate surface area is 122 Å². The number of nitrogens with zero attached hydrogens (tertiary/aromatic N) is 3. The number of para-hydroxylation sites is 2. The molecule has 1 N–H and O–H groups in total. The zero-order chi connectivity index (χ0) is 14.7. The molecule has 1 aliphatic rings. The van der Waals surface area contributed by atoms with E-state index in [9.17, 15) is 9.90 Å². The molecule has 1 amide bonds. The van der Waals surface area contributed by atoms with Crippen molar-refractivity contribution in [1.82, 2.24) is 14.9 Å². The van der Waals surface area contributed by atoms with Crippen LogP contribution < -0.4 is 0 Å². The minimum atomic E-state index is -0.0819. The quantitative estimate of drug-likeness (QED) is 0.869. The average Bonchev–Trinajstić information content (AvgIpc) is 3.01. The predicted molar refractivity (Wildman–Crippen MR) is 80.4 cm³/mol. The molecule has 0 aliphatic carbocycles. The minimum absolute atomic E-state index is 0.0232. The molecule has 1 atom stereocenters. The second-order valence-corrected chi connectivity index (χ2v) is 5.13. The molecule has 1 saturated heterocycles. The zero-order valence-electron chi connectivity index (χ0n) is 11.6. The Morgan fingerprint density at radius 3 is 3.00 bits per heavy atom. The molecular formula is C16H17N3O2. The van der Waals surface area contributed by atoms with E-state index in [1.165, 1.54) is 6.08 Å². The third-order valence-corrected chi connectivity index (χ3v) is 3.73. The lowest BCUT2D eigenvalue weighted by Crippen LogP contribution is -2.36. The largest absolute Gasteiger partial charge is 0.394 e. The summed E-state index contributed by atoms with van der Waals surface area (Å²) in [5.41, 5.74) is 2.30. The smallest absolute Gasteiger partial charge is 0.246 e. The van der Waals surface area contributed by atoms with E-state index in [0.29, 0.717) is 12.2 Å². The van der Waals surface area contributed by atoms with Gasteiger partial charge in [0.15, 0.2) is 0 Å². The number of aromatic nitrogens is 2. The van der Waals surface area contributed by atoms with Crippen molar-refractivity contribution < 1.29 is 9.90 Å². The summed E-state index contributed by atoms with van der Waals surface area (Å²) in [6, 6.07) is 7.57. The summed E-state index contributed by atoms with van der Waals surface area (Å²) in [6.45, 7) is 0.729. The molecule has 1 aromatic carbocycles. The van der Waals surface area contributed by atoms with Crippen LogP contribution in [0.2, 0.25) is 0 Å². The molecule has 108 valence electrons. The Balaban J connectivity index is 1.76. The summed E-state index contributed by atoms with van der Waals surface area (Å²) in [5, 5.41) is 9.25. The molecule has 5 nitrogen and oxygen atoms in total.